The molecule has 5 nitrogen and oxygen atoms in total. The van der Waals surface area contributed by atoms with Crippen molar-refractivity contribution in [2.24, 2.45) is 0 Å². The van der Waals surface area contributed by atoms with Gasteiger partial charge in [0.15, 0.2) is 6.29 Å². The average molecular weight is 306 g/mol. The van der Waals surface area contributed by atoms with Crippen LogP contribution in [0.4, 0.5) is 5.69 Å². The predicted octanol–water partition coefficient (Wildman–Crippen LogP) is 4.03. The highest BCUT2D eigenvalue weighted by atomic mass is 35.5. The second-order valence-corrected chi connectivity index (χ2v) is 5.13. The van der Waals surface area contributed by atoms with E-state index in [9.17, 15) is 10.1 Å². The number of rotatable bonds is 3. The summed E-state index contributed by atoms with van der Waals surface area (Å²) in [6.07, 6.45) is -0.672. The molecular formula is C15H12ClNO4. The van der Waals surface area contributed by atoms with Crippen LogP contribution in [0.2, 0.25) is 5.02 Å². The van der Waals surface area contributed by atoms with Crippen LogP contribution in [0, 0.1) is 10.1 Å². The fourth-order valence-electron chi connectivity index (χ4n) is 2.18. The van der Waals surface area contributed by atoms with Crippen LogP contribution in [0.15, 0.2) is 48.5 Å². The number of non-ortho nitro benzene ring substituents is 1. The Hall–Kier alpha value is -1.95. The molecule has 1 saturated heterocycles. The molecule has 0 unspecified atom stereocenters. The second kappa shape index (κ2) is 5.81. The van der Waals surface area contributed by atoms with Gasteiger partial charge in [0, 0.05) is 22.7 Å². The first kappa shape index (κ1) is 14.0. The molecule has 2 aromatic carbocycles. The van der Waals surface area contributed by atoms with Crippen molar-refractivity contribution in [2.45, 2.75) is 12.4 Å². The molecule has 21 heavy (non-hydrogen) atoms. The highest BCUT2D eigenvalue weighted by Gasteiger charge is 2.28. The Labute approximate surface area is 126 Å². The first-order valence-electron chi connectivity index (χ1n) is 6.40. The fourth-order valence-corrected chi connectivity index (χ4v) is 2.31. The van der Waals surface area contributed by atoms with Crippen molar-refractivity contribution in [1.29, 1.82) is 0 Å². The second-order valence-electron chi connectivity index (χ2n) is 4.69. The molecule has 2 atom stereocenters. The van der Waals surface area contributed by atoms with Crippen LogP contribution < -0.4 is 0 Å². The van der Waals surface area contributed by atoms with Gasteiger partial charge in [-0.2, -0.15) is 0 Å². The van der Waals surface area contributed by atoms with Crippen molar-refractivity contribution in [1.82, 2.24) is 0 Å². The lowest BCUT2D eigenvalue weighted by Crippen LogP contribution is -2.01. The van der Waals surface area contributed by atoms with Crippen molar-refractivity contribution < 1.29 is 14.4 Å². The normalized spacial score (nSPS) is 21.4. The summed E-state index contributed by atoms with van der Waals surface area (Å²) in [5.41, 5.74) is 1.81. The third kappa shape index (κ3) is 3.05. The van der Waals surface area contributed by atoms with Crippen molar-refractivity contribution in [2.75, 3.05) is 6.61 Å². The van der Waals surface area contributed by atoms with Crippen LogP contribution >= 0.6 is 11.6 Å². The Kier molecular flexibility index (Phi) is 3.88. The highest BCUT2D eigenvalue weighted by Crippen LogP contribution is 2.35. The van der Waals surface area contributed by atoms with Gasteiger partial charge in [0.2, 0.25) is 0 Å². The zero-order valence-corrected chi connectivity index (χ0v) is 11.7. The van der Waals surface area contributed by atoms with Gasteiger partial charge in [-0.25, -0.2) is 0 Å². The largest absolute Gasteiger partial charge is 0.345 e. The van der Waals surface area contributed by atoms with E-state index in [1.807, 2.05) is 12.1 Å². The van der Waals surface area contributed by atoms with Crippen molar-refractivity contribution in [3.05, 3.63) is 74.8 Å². The van der Waals surface area contributed by atoms with E-state index >= 15 is 0 Å². The van der Waals surface area contributed by atoms with Crippen molar-refractivity contribution in [3.8, 4) is 0 Å². The summed E-state index contributed by atoms with van der Waals surface area (Å²) in [5.74, 6) is 0. The maximum atomic E-state index is 10.6. The summed E-state index contributed by atoms with van der Waals surface area (Å²) in [4.78, 5) is 10.2. The summed E-state index contributed by atoms with van der Waals surface area (Å²) in [6, 6.07) is 13.6. The molecule has 1 heterocycles. The number of nitro groups is 1. The molecule has 1 fully saturated rings. The number of halogens is 1. The molecule has 0 amide bonds. The molecule has 1 aliphatic rings. The summed E-state index contributed by atoms with van der Waals surface area (Å²) in [5, 5.41) is 11.3. The number of benzene rings is 2. The molecule has 0 bridgehead atoms. The van der Waals surface area contributed by atoms with Gasteiger partial charge in [-0.15, -0.1) is 0 Å². The molecule has 0 radical (unpaired) electrons. The first-order valence-corrected chi connectivity index (χ1v) is 6.78. The number of ether oxygens (including phenoxy) is 2. The molecule has 0 spiro atoms. The zero-order valence-electron chi connectivity index (χ0n) is 10.9. The Morgan fingerprint density at radius 3 is 2.29 bits per heavy atom. The molecule has 0 aliphatic carbocycles. The number of hydrogen-bond donors (Lipinski definition) is 0. The van der Waals surface area contributed by atoms with Gasteiger partial charge in [-0.05, 0) is 29.8 Å². The molecule has 1 aliphatic heterocycles. The number of nitrogens with zero attached hydrogens (tertiary/aromatic N) is 1. The van der Waals surface area contributed by atoms with Crippen LogP contribution in [-0.4, -0.2) is 11.5 Å². The standard InChI is InChI=1S/C15H12ClNO4/c16-12-5-1-11(2-6-12)15-20-9-14(21-15)10-3-7-13(8-4-10)17(18)19/h1-8,14-15H,9H2/t14-,15-/m0/s1. The maximum absolute atomic E-state index is 10.6. The van der Waals surface area contributed by atoms with Gasteiger partial charge in [0.25, 0.3) is 5.69 Å². The number of hydrogen-bond acceptors (Lipinski definition) is 4. The first-order chi connectivity index (χ1) is 10.1. The van der Waals surface area contributed by atoms with E-state index in [2.05, 4.69) is 0 Å². The minimum Gasteiger partial charge on any atom is -0.345 e. The molecular weight excluding hydrogens is 294 g/mol. The van der Waals surface area contributed by atoms with Crippen LogP contribution in [0.3, 0.4) is 0 Å². The summed E-state index contributed by atoms with van der Waals surface area (Å²) < 4.78 is 11.5. The van der Waals surface area contributed by atoms with Crippen molar-refractivity contribution >= 4 is 17.3 Å². The Balaban J connectivity index is 1.71. The maximum Gasteiger partial charge on any atom is 0.269 e. The summed E-state index contributed by atoms with van der Waals surface area (Å²) in [6.45, 7) is 0.408. The van der Waals surface area contributed by atoms with Gasteiger partial charge >= 0.3 is 0 Å². The smallest absolute Gasteiger partial charge is 0.269 e. The average Bonchev–Trinajstić information content (AvgIpc) is 2.98. The van der Waals surface area contributed by atoms with E-state index in [1.165, 1.54) is 12.1 Å². The third-order valence-corrected chi connectivity index (χ3v) is 3.56. The monoisotopic (exact) mass is 305 g/mol. The molecule has 3 rings (SSSR count). The minimum atomic E-state index is -0.442. The molecule has 6 heteroatoms. The molecule has 0 aromatic heterocycles. The van der Waals surface area contributed by atoms with Crippen molar-refractivity contribution in [3.63, 3.8) is 0 Å². The van der Waals surface area contributed by atoms with Gasteiger partial charge in [-0.3, -0.25) is 10.1 Å². The van der Waals surface area contributed by atoms with Crippen LogP contribution in [0.1, 0.15) is 23.5 Å². The molecule has 2 aromatic rings. The van der Waals surface area contributed by atoms with Gasteiger partial charge in [0.1, 0.15) is 6.10 Å². The van der Waals surface area contributed by atoms with Crippen LogP contribution in [0.5, 0.6) is 0 Å². The third-order valence-electron chi connectivity index (χ3n) is 3.30. The Morgan fingerprint density at radius 2 is 1.67 bits per heavy atom. The Bertz CT molecular complexity index is 642. The molecule has 108 valence electrons. The van der Waals surface area contributed by atoms with Gasteiger partial charge < -0.3 is 9.47 Å². The van der Waals surface area contributed by atoms with E-state index in [0.29, 0.717) is 11.6 Å². The lowest BCUT2D eigenvalue weighted by Gasteiger charge is -2.12. The fraction of sp³-hybridized carbons (Fsp3) is 0.200. The lowest BCUT2D eigenvalue weighted by atomic mass is 10.1. The van der Waals surface area contributed by atoms with Gasteiger partial charge in [-0.1, -0.05) is 23.7 Å². The van der Waals surface area contributed by atoms with E-state index < -0.39 is 11.2 Å². The zero-order chi connectivity index (χ0) is 14.8. The number of nitro benzene ring substituents is 1. The van der Waals surface area contributed by atoms with E-state index in [0.717, 1.165) is 11.1 Å². The SMILES string of the molecule is O=[N+]([O-])c1ccc([C@@H]2CO[C@H](c3ccc(Cl)cc3)O2)cc1. The summed E-state index contributed by atoms with van der Waals surface area (Å²) >= 11 is 5.85. The predicted molar refractivity (Wildman–Crippen MR) is 77.1 cm³/mol. The summed E-state index contributed by atoms with van der Waals surface area (Å²) in [7, 11) is 0. The highest BCUT2D eigenvalue weighted by molar-refractivity contribution is 6.30. The van der Waals surface area contributed by atoms with E-state index in [4.69, 9.17) is 21.1 Å². The molecule has 0 saturated carbocycles. The van der Waals surface area contributed by atoms with Crippen LogP contribution in [-0.2, 0) is 9.47 Å². The van der Waals surface area contributed by atoms with E-state index in [-0.39, 0.29) is 11.8 Å². The lowest BCUT2D eigenvalue weighted by molar-refractivity contribution is -0.384. The minimum absolute atomic E-state index is 0.0620. The van der Waals surface area contributed by atoms with Crippen LogP contribution in [0.25, 0.3) is 0 Å². The molecule has 0 N–H and O–H groups in total. The quantitative estimate of drug-likeness (QED) is 0.634. The Morgan fingerprint density at radius 1 is 1.05 bits per heavy atom. The van der Waals surface area contributed by atoms with E-state index in [1.54, 1.807) is 24.3 Å². The van der Waals surface area contributed by atoms with Gasteiger partial charge in [0.05, 0.1) is 11.5 Å². The topological polar surface area (TPSA) is 61.6 Å².